The van der Waals surface area contributed by atoms with E-state index in [1.807, 2.05) is 31.2 Å². The summed E-state index contributed by atoms with van der Waals surface area (Å²) in [6.45, 7) is 2.29. The van der Waals surface area contributed by atoms with Crippen molar-refractivity contribution < 1.29 is 28.5 Å². The van der Waals surface area contributed by atoms with E-state index < -0.39 is 0 Å². The summed E-state index contributed by atoms with van der Waals surface area (Å²) in [5.41, 5.74) is 2.93. The molecule has 4 rings (SSSR count). The van der Waals surface area contributed by atoms with Crippen LogP contribution in [-0.4, -0.2) is 27.1 Å². The SMILES string of the molecule is COc1ccc(/C=C2\Oc3c(ccc(OCc4ccc(Br)cc4)c3C)C2=O)c(OC)c1OC. The van der Waals surface area contributed by atoms with Crippen molar-refractivity contribution in [2.45, 2.75) is 13.5 Å². The minimum Gasteiger partial charge on any atom is -0.493 e. The fourth-order valence-electron chi connectivity index (χ4n) is 3.65. The van der Waals surface area contributed by atoms with Gasteiger partial charge in [-0.3, -0.25) is 4.79 Å². The third kappa shape index (κ3) is 4.41. The van der Waals surface area contributed by atoms with Crippen molar-refractivity contribution in [3.05, 3.63) is 81.0 Å². The summed E-state index contributed by atoms with van der Waals surface area (Å²) in [7, 11) is 4.61. The first-order chi connectivity index (χ1) is 16.0. The van der Waals surface area contributed by atoms with Crippen LogP contribution in [0.4, 0.5) is 0 Å². The fourth-order valence-corrected chi connectivity index (χ4v) is 3.91. The van der Waals surface area contributed by atoms with Crippen molar-refractivity contribution in [1.82, 2.24) is 0 Å². The van der Waals surface area contributed by atoms with Crippen LogP contribution in [-0.2, 0) is 6.61 Å². The van der Waals surface area contributed by atoms with Gasteiger partial charge in [0, 0.05) is 15.6 Å². The second-order valence-corrected chi connectivity index (χ2v) is 8.26. The normalized spacial score (nSPS) is 13.5. The Hall–Kier alpha value is -3.45. The molecule has 0 saturated heterocycles. The Morgan fingerprint density at radius 3 is 2.24 bits per heavy atom. The van der Waals surface area contributed by atoms with E-state index in [9.17, 15) is 4.79 Å². The van der Waals surface area contributed by atoms with Crippen molar-refractivity contribution >= 4 is 27.8 Å². The molecule has 0 radical (unpaired) electrons. The highest BCUT2D eigenvalue weighted by Crippen LogP contribution is 2.43. The molecule has 0 bridgehead atoms. The molecular weight excluding hydrogens is 488 g/mol. The minimum atomic E-state index is -0.204. The summed E-state index contributed by atoms with van der Waals surface area (Å²) >= 11 is 3.43. The molecule has 3 aromatic carbocycles. The van der Waals surface area contributed by atoms with E-state index >= 15 is 0 Å². The zero-order valence-corrected chi connectivity index (χ0v) is 20.3. The molecular formula is C26H23BrO6. The molecule has 33 heavy (non-hydrogen) atoms. The Bertz CT molecular complexity index is 1230. The predicted octanol–water partition coefficient (Wildman–Crippen LogP) is 5.98. The molecule has 0 aliphatic carbocycles. The van der Waals surface area contributed by atoms with Gasteiger partial charge >= 0.3 is 0 Å². The quantitative estimate of drug-likeness (QED) is 0.364. The van der Waals surface area contributed by atoms with E-state index in [1.165, 1.54) is 14.2 Å². The number of fused-ring (bicyclic) bond motifs is 1. The number of ketones is 1. The number of hydrogen-bond acceptors (Lipinski definition) is 6. The number of halogens is 1. The molecule has 0 amide bonds. The molecule has 0 unspecified atom stereocenters. The van der Waals surface area contributed by atoms with Gasteiger partial charge in [0.25, 0.3) is 0 Å². The summed E-state index contributed by atoms with van der Waals surface area (Å²) in [5.74, 6) is 2.58. The third-order valence-corrected chi connectivity index (χ3v) is 5.89. The van der Waals surface area contributed by atoms with Gasteiger partial charge in [-0.2, -0.15) is 0 Å². The van der Waals surface area contributed by atoms with Crippen LogP contribution in [0.15, 0.2) is 58.8 Å². The molecule has 1 heterocycles. The lowest BCUT2D eigenvalue weighted by Crippen LogP contribution is -2.00. The number of carbonyl (C=O) groups excluding carboxylic acids is 1. The van der Waals surface area contributed by atoms with Gasteiger partial charge in [0.2, 0.25) is 11.5 Å². The lowest BCUT2D eigenvalue weighted by Gasteiger charge is -2.14. The fraction of sp³-hybridized carbons (Fsp3) is 0.192. The van der Waals surface area contributed by atoms with Gasteiger partial charge in [0.05, 0.1) is 26.9 Å². The lowest BCUT2D eigenvalue weighted by molar-refractivity contribution is 0.101. The van der Waals surface area contributed by atoms with E-state index in [0.717, 1.165) is 15.6 Å². The molecule has 0 aromatic heterocycles. The molecule has 3 aromatic rings. The number of allylic oxidation sites excluding steroid dienone is 1. The molecule has 0 saturated carbocycles. The molecule has 0 N–H and O–H groups in total. The zero-order valence-electron chi connectivity index (χ0n) is 18.7. The van der Waals surface area contributed by atoms with E-state index in [4.69, 9.17) is 23.7 Å². The van der Waals surface area contributed by atoms with Crippen LogP contribution >= 0.6 is 15.9 Å². The molecule has 7 heteroatoms. The Morgan fingerprint density at radius 1 is 0.879 bits per heavy atom. The molecule has 0 fully saturated rings. The Morgan fingerprint density at radius 2 is 1.58 bits per heavy atom. The van der Waals surface area contributed by atoms with E-state index in [2.05, 4.69) is 15.9 Å². The van der Waals surface area contributed by atoms with Crippen LogP contribution in [0, 0.1) is 6.92 Å². The maximum Gasteiger partial charge on any atom is 0.231 e. The van der Waals surface area contributed by atoms with Crippen molar-refractivity contribution in [2.75, 3.05) is 21.3 Å². The number of ether oxygens (including phenoxy) is 5. The van der Waals surface area contributed by atoms with E-state index in [1.54, 1.807) is 37.5 Å². The number of rotatable bonds is 7. The summed E-state index contributed by atoms with van der Waals surface area (Å²) in [6, 6.07) is 15.0. The van der Waals surface area contributed by atoms with Gasteiger partial charge in [0.1, 0.15) is 18.1 Å². The van der Waals surface area contributed by atoms with Crippen LogP contribution < -0.4 is 23.7 Å². The van der Waals surface area contributed by atoms with Crippen molar-refractivity contribution in [3.8, 4) is 28.7 Å². The first-order valence-electron chi connectivity index (χ1n) is 10.2. The monoisotopic (exact) mass is 510 g/mol. The first kappa shape index (κ1) is 22.7. The van der Waals surface area contributed by atoms with Crippen molar-refractivity contribution in [1.29, 1.82) is 0 Å². The lowest BCUT2D eigenvalue weighted by atomic mass is 10.1. The third-order valence-electron chi connectivity index (χ3n) is 5.37. The highest BCUT2D eigenvalue weighted by atomic mass is 79.9. The van der Waals surface area contributed by atoms with Gasteiger partial charge in [0.15, 0.2) is 17.3 Å². The standard InChI is InChI=1S/C26H23BrO6/c1-15-20(32-14-16-5-8-18(27)9-6-16)12-10-19-23(28)22(33-24(15)19)13-17-7-11-21(29-2)26(31-4)25(17)30-3/h5-13H,14H2,1-4H3/b22-13-. The van der Waals surface area contributed by atoms with Gasteiger partial charge in [-0.05, 0) is 55.0 Å². The minimum absolute atomic E-state index is 0.198. The van der Waals surface area contributed by atoms with Crippen molar-refractivity contribution in [2.24, 2.45) is 0 Å². The van der Waals surface area contributed by atoms with E-state index in [0.29, 0.717) is 46.5 Å². The zero-order chi connectivity index (χ0) is 23.5. The Balaban J connectivity index is 1.62. The summed E-state index contributed by atoms with van der Waals surface area (Å²) in [5, 5.41) is 0. The maximum atomic E-state index is 13.0. The largest absolute Gasteiger partial charge is 0.493 e. The number of benzene rings is 3. The van der Waals surface area contributed by atoms with Gasteiger partial charge in [-0.25, -0.2) is 0 Å². The number of Topliss-reactive ketones (excluding diaryl/α,β-unsaturated/α-hetero) is 1. The molecule has 0 atom stereocenters. The topological polar surface area (TPSA) is 63.2 Å². The first-order valence-corrected chi connectivity index (χ1v) is 11.0. The van der Waals surface area contributed by atoms with Crippen molar-refractivity contribution in [3.63, 3.8) is 0 Å². The van der Waals surface area contributed by atoms with E-state index in [-0.39, 0.29) is 11.5 Å². The summed E-state index contributed by atoms with van der Waals surface area (Å²) < 4.78 is 29.3. The Kier molecular flexibility index (Phi) is 6.60. The second-order valence-electron chi connectivity index (χ2n) is 7.34. The highest BCUT2D eigenvalue weighted by Gasteiger charge is 2.31. The number of carbonyl (C=O) groups is 1. The van der Waals surface area contributed by atoms with Gasteiger partial charge in [-0.15, -0.1) is 0 Å². The number of hydrogen-bond donors (Lipinski definition) is 0. The van der Waals surface area contributed by atoms with Crippen LogP contribution in [0.1, 0.15) is 27.0 Å². The molecule has 0 spiro atoms. The predicted molar refractivity (Wildman–Crippen MR) is 129 cm³/mol. The Labute approximate surface area is 200 Å². The molecule has 170 valence electrons. The summed E-state index contributed by atoms with van der Waals surface area (Å²) in [4.78, 5) is 13.0. The number of methoxy groups -OCH3 is 3. The second kappa shape index (κ2) is 9.58. The summed E-state index contributed by atoms with van der Waals surface area (Å²) in [6.07, 6.45) is 1.64. The average molecular weight is 511 g/mol. The molecule has 6 nitrogen and oxygen atoms in total. The van der Waals surface area contributed by atoms with Gasteiger partial charge < -0.3 is 23.7 Å². The molecule has 1 aliphatic rings. The van der Waals surface area contributed by atoms with Gasteiger partial charge in [-0.1, -0.05) is 28.1 Å². The molecule has 1 aliphatic heterocycles. The smallest absolute Gasteiger partial charge is 0.231 e. The van der Waals surface area contributed by atoms with Crippen LogP contribution in [0.2, 0.25) is 0 Å². The highest BCUT2D eigenvalue weighted by molar-refractivity contribution is 9.10. The average Bonchev–Trinajstić information content (AvgIpc) is 3.15. The van der Waals surface area contributed by atoms with Crippen LogP contribution in [0.3, 0.4) is 0 Å². The maximum absolute atomic E-state index is 13.0. The van der Waals surface area contributed by atoms with Crippen LogP contribution in [0.25, 0.3) is 6.08 Å². The van der Waals surface area contributed by atoms with Crippen LogP contribution in [0.5, 0.6) is 28.7 Å².